The van der Waals surface area contributed by atoms with E-state index >= 15 is 0 Å². The lowest BCUT2D eigenvalue weighted by atomic mass is 9.97. The predicted molar refractivity (Wildman–Crippen MR) is 151 cm³/mol. The molecule has 0 radical (unpaired) electrons. The van der Waals surface area contributed by atoms with Crippen molar-refractivity contribution < 1.29 is 9.53 Å². The summed E-state index contributed by atoms with van der Waals surface area (Å²) in [6.07, 6.45) is 8.88. The molecule has 1 saturated heterocycles. The molecule has 7 heteroatoms. The lowest BCUT2D eigenvalue weighted by Crippen LogP contribution is -2.31. The molecule has 3 aromatic heterocycles. The first-order valence-electron chi connectivity index (χ1n) is 13.1. The molecule has 0 aliphatic carbocycles. The van der Waals surface area contributed by atoms with E-state index < -0.39 is 0 Å². The van der Waals surface area contributed by atoms with Gasteiger partial charge >= 0.3 is 0 Å². The third-order valence-electron chi connectivity index (χ3n) is 7.66. The molecule has 0 saturated carbocycles. The van der Waals surface area contributed by atoms with Gasteiger partial charge in [0.05, 0.1) is 24.5 Å². The van der Waals surface area contributed by atoms with E-state index in [9.17, 15) is 4.79 Å². The minimum absolute atomic E-state index is 0.0401. The number of aromatic nitrogens is 3. The Labute approximate surface area is 221 Å². The van der Waals surface area contributed by atoms with Crippen LogP contribution in [0.4, 0.5) is 0 Å². The number of rotatable bonds is 7. The molecule has 1 atom stereocenters. The highest BCUT2D eigenvalue weighted by Gasteiger charge is 2.21. The molecule has 1 amide bonds. The van der Waals surface area contributed by atoms with Gasteiger partial charge < -0.3 is 19.9 Å². The number of likely N-dealkylation sites (tertiary alicyclic amines) is 1. The highest BCUT2D eigenvalue weighted by molar-refractivity contribution is 6.16. The molecule has 0 spiro atoms. The molecule has 2 N–H and O–H groups in total. The normalized spacial score (nSPS) is 15.8. The van der Waals surface area contributed by atoms with Crippen LogP contribution in [0, 0.1) is 0 Å². The Morgan fingerprint density at radius 2 is 1.97 bits per heavy atom. The first kappa shape index (κ1) is 24.1. The summed E-state index contributed by atoms with van der Waals surface area (Å²) in [6.45, 7) is 1.83. The second-order valence-corrected chi connectivity index (χ2v) is 9.95. The standard InChI is InChI=1S/C31H31N5O2/c1-36-16-4-6-23(36)13-15-33-31(37)21-9-7-20(8-10-21)29-28(38-2)12-11-25-30(29)24-17-26(34-19-27(24)35-25)22-5-3-14-32-18-22/h3,5,7-12,14,17-19,23,35H,4,6,13,15-16H2,1-2H3,(H,33,37). The predicted octanol–water partition coefficient (Wildman–Crippen LogP) is 5.67. The maximum atomic E-state index is 12.8. The van der Waals surface area contributed by atoms with Gasteiger partial charge in [-0.1, -0.05) is 12.1 Å². The fraction of sp³-hybridized carbons (Fsp3) is 0.258. The third kappa shape index (κ3) is 4.50. The average molecular weight is 506 g/mol. The van der Waals surface area contributed by atoms with Crippen LogP contribution < -0.4 is 10.1 Å². The van der Waals surface area contributed by atoms with Crippen LogP contribution in [0.15, 0.2) is 73.2 Å². The van der Waals surface area contributed by atoms with Crippen molar-refractivity contribution in [1.29, 1.82) is 0 Å². The van der Waals surface area contributed by atoms with Gasteiger partial charge in [-0.05, 0) is 80.9 Å². The smallest absolute Gasteiger partial charge is 0.251 e. The fourth-order valence-corrected chi connectivity index (χ4v) is 5.59. The highest BCUT2D eigenvalue weighted by atomic mass is 16.5. The summed E-state index contributed by atoms with van der Waals surface area (Å²) in [5, 5.41) is 5.21. The Morgan fingerprint density at radius 3 is 2.71 bits per heavy atom. The number of ether oxygens (including phenoxy) is 1. The van der Waals surface area contributed by atoms with Crippen LogP contribution in [0.2, 0.25) is 0 Å². The number of aromatic amines is 1. The number of carbonyl (C=O) groups is 1. The van der Waals surface area contributed by atoms with Crippen molar-refractivity contribution in [1.82, 2.24) is 25.2 Å². The highest BCUT2D eigenvalue weighted by Crippen LogP contribution is 2.41. The first-order chi connectivity index (χ1) is 18.6. The summed E-state index contributed by atoms with van der Waals surface area (Å²) >= 11 is 0. The van der Waals surface area contributed by atoms with Crippen molar-refractivity contribution >= 4 is 27.7 Å². The Morgan fingerprint density at radius 1 is 1.11 bits per heavy atom. The second kappa shape index (κ2) is 10.3. The van der Waals surface area contributed by atoms with Crippen LogP contribution in [-0.4, -0.2) is 59.0 Å². The van der Waals surface area contributed by atoms with Gasteiger partial charge in [-0.25, -0.2) is 0 Å². The molecule has 7 nitrogen and oxygen atoms in total. The van der Waals surface area contributed by atoms with Gasteiger partial charge in [-0.3, -0.25) is 14.8 Å². The molecule has 1 aliphatic heterocycles. The van der Waals surface area contributed by atoms with E-state index in [2.05, 4.69) is 38.3 Å². The molecule has 38 heavy (non-hydrogen) atoms. The van der Waals surface area contributed by atoms with Crippen molar-refractivity contribution in [2.24, 2.45) is 0 Å². The molecule has 1 fully saturated rings. The van der Waals surface area contributed by atoms with Gasteiger partial charge in [0.15, 0.2) is 0 Å². The van der Waals surface area contributed by atoms with E-state index in [1.807, 2.05) is 60.9 Å². The van der Waals surface area contributed by atoms with Gasteiger partial charge in [0.1, 0.15) is 5.75 Å². The lowest BCUT2D eigenvalue weighted by molar-refractivity contribution is 0.0950. The van der Waals surface area contributed by atoms with Crippen molar-refractivity contribution in [2.45, 2.75) is 25.3 Å². The molecule has 192 valence electrons. The van der Waals surface area contributed by atoms with E-state index in [1.165, 1.54) is 12.8 Å². The average Bonchev–Trinajstić information content (AvgIpc) is 3.55. The molecule has 0 bridgehead atoms. The third-order valence-corrected chi connectivity index (χ3v) is 7.66. The van der Waals surface area contributed by atoms with Crippen LogP contribution in [0.3, 0.4) is 0 Å². The zero-order valence-electron chi connectivity index (χ0n) is 21.7. The minimum atomic E-state index is -0.0401. The number of amides is 1. The van der Waals surface area contributed by atoms with Gasteiger partial charge in [0, 0.05) is 58.0 Å². The summed E-state index contributed by atoms with van der Waals surface area (Å²) in [4.78, 5) is 27.6. The van der Waals surface area contributed by atoms with Crippen LogP contribution in [-0.2, 0) is 0 Å². The number of hydrogen-bond acceptors (Lipinski definition) is 5. The van der Waals surface area contributed by atoms with Crippen LogP contribution in [0.5, 0.6) is 5.75 Å². The van der Waals surface area contributed by atoms with Crippen molar-refractivity contribution in [2.75, 3.05) is 27.2 Å². The first-order valence-corrected chi connectivity index (χ1v) is 13.1. The fourth-order valence-electron chi connectivity index (χ4n) is 5.59. The van der Waals surface area contributed by atoms with E-state index in [1.54, 1.807) is 13.3 Å². The number of benzene rings is 2. The Bertz CT molecular complexity index is 1590. The van der Waals surface area contributed by atoms with Gasteiger partial charge in [-0.2, -0.15) is 0 Å². The van der Waals surface area contributed by atoms with Gasteiger partial charge in [0.2, 0.25) is 0 Å². The van der Waals surface area contributed by atoms with E-state index in [-0.39, 0.29) is 5.91 Å². The number of nitrogens with one attached hydrogen (secondary N) is 2. The maximum absolute atomic E-state index is 12.8. The van der Waals surface area contributed by atoms with Gasteiger partial charge in [-0.15, -0.1) is 0 Å². The number of nitrogens with zero attached hydrogens (tertiary/aromatic N) is 3. The molecular formula is C31H31N5O2. The molecular weight excluding hydrogens is 474 g/mol. The molecule has 2 aromatic carbocycles. The SMILES string of the molecule is COc1ccc2[nH]c3cnc(-c4cccnc4)cc3c2c1-c1ccc(C(=O)NCCC2CCCN2C)cc1. The number of carbonyl (C=O) groups excluding carboxylic acids is 1. The largest absolute Gasteiger partial charge is 0.496 e. The zero-order chi connectivity index (χ0) is 26.1. The number of pyridine rings is 2. The summed E-state index contributed by atoms with van der Waals surface area (Å²) in [5.41, 5.74) is 6.39. The quantitative estimate of drug-likeness (QED) is 0.298. The number of fused-ring (bicyclic) bond motifs is 3. The molecule has 1 unspecified atom stereocenters. The van der Waals surface area contributed by atoms with Gasteiger partial charge in [0.25, 0.3) is 5.91 Å². The second-order valence-electron chi connectivity index (χ2n) is 9.95. The summed E-state index contributed by atoms with van der Waals surface area (Å²) in [6, 6.07) is 18.4. The monoisotopic (exact) mass is 505 g/mol. The summed E-state index contributed by atoms with van der Waals surface area (Å²) in [7, 11) is 3.85. The molecule has 4 heterocycles. The molecule has 5 aromatic rings. The van der Waals surface area contributed by atoms with E-state index in [4.69, 9.17) is 4.74 Å². The van der Waals surface area contributed by atoms with Crippen molar-refractivity contribution in [3.63, 3.8) is 0 Å². The van der Waals surface area contributed by atoms with Crippen LogP contribution in [0.25, 0.3) is 44.2 Å². The van der Waals surface area contributed by atoms with Crippen molar-refractivity contribution in [3.05, 3.63) is 78.8 Å². The Balaban J connectivity index is 1.33. The number of methoxy groups -OCH3 is 1. The van der Waals surface area contributed by atoms with E-state index in [0.717, 1.165) is 62.9 Å². The number of hydrogen-bond donors (Lipinski definition) is 2. The summed E-state index contributed by atoms with van der Waals surface area (Å²) < 4.78 is 5.81. The Hall–Kier alpha value is -4.23. The van der Waals surface area contributed by atoms with E-state index in [0.29, 0.717) is 18.2 Å². The van der Waals surface area contributed by atoms with Crippen LogP contribution in [0.1, 0.15) is 29.6 Å². The van der Waals surface area contributed by atoms with Crippen LogP contribution >= 0.6 is 0 Å². The maximum Gasteiger partial charge on any atom is 0.251 e. The minimum Gasteiger partial charge on any atom is -0.496 e. The summed E-state index contributed by atoms with van der Waals surface area (Å²) in [5.74, 6) is 0.734. The molecule has 6 rings (SSSR count). The number of H-pyrrole nitrogens is 1. The zero-order valence-corrected chi connectivity index (χ0v) is 21.7. The lowest BCUT2D eigenvalue weighted by Gasteiger charge is -2.19. The topological polar surface area (TPSA) is 83.1 Å². The Kier molecular flexibility index (Phi) is 6.52. The van der Waals surface area contributed by atoms with Crippen molar-refractivity contribution in [3.8, 4) is 28.1 Å². The molecule has 1 aliphatic rings.